The van der Waals surface area contributed by atoms with Gasteiger partial charge < -0.3 is 39.8 Å². The number of Topliss-reactive ketones (excluding diaryl/α,β-unsaturated/α-hetero) is 1. The van der Waals surface area contributed by atoms with Crippen molar-refractivity contribution in [2.75, 3.05) is 13.2 Å². The smallest absolute Gasteiger partial charge is 0.388 e. The van der Waals surface area contributed by atoms with Gasteiger partial charge in [-0.15, -0.1) is 0 Å². The molecule has 14 heteroatoms. The third-order valence-corrected chi connectivity index (χ3v) is 1.75. The summed E-state index contributed by atoms with van der Waals surface area (Å²) in [6.07, 6.45) is -3.71. The van der Waals surface area contributed by atoms with Gasteiger partial charge in [0.25, 0.3) is 0 Å². The average Bonchev–Trinajstić information content (AvgIpc) is 2.20. The Kier molecular flexibility index (Phi) is 9.81. The molecule has 8 N–H and O–H groups in total. The van der Waals surface area contributed by atoms with Crippen LogP contribution in [0.15, 0.2) is 0 Å². The van der Waals surface area contributed by atoms with E-state index in [4.69, 9.17) is 44.4 Å². The lowest BCUT2D eigenvalue weighted by atomic mass is 10.1. The Balaban J connectivity index is 0. The number of phosphoric acid groups is 2. The van der Waals surface area contributed by atoms with Crippen LogP contribution in [0.4, 0.5) is 0 Å². The molecule has 0 rings (SSSR count). The zero-order valence-electron chi connectivity index (χ0n) is 9.17. The molecule has 0 aliphatic rings. The molecule has 0 aromatic heterocycles. The fourth-order valence-corrected chi connectivity index (χ4v) is 0.920. The Morgan fingerprint density at radius 3 is 1.68 bits per heavy atom. The van der Waals surface area contributed by atoms with Crippen molar-refractivity contribution in [3.63, 3.8) is 0 Å². The van der Waals surface area contributed by atoms with Crippen molar-refractivity contribution < 1.29 is 58.2 Å². The van der Waals surface area contributed by atoms with Crippen molar-refractivity contribution in [3.8, 4) is 0 Å². The third-order valence-electron chi connectivity index (χ3n) is 1.26. The van der Waals surface area contributed by atoms with Gasteiger partial charge in [-0.1, -0.05) is 0 Å². The van der Waals surface area contributed by atoms with Crippen LogP contribution in [0.25, 0.3) is 0 Å². The number of rotatable bonds is 6. The van der Waals surface area contributed by atoms with E-state index in [0.29, 0.717) is 0 Å². The van der Waals surface area contributed by atoms with Gasteiger partial charge in [0.1, 0.15) is 18.8 Å². The molecule has 19 heavy (non-hydrogen) atoms. The molecule has 0 aliphatic carbocycles. The first-order valence-corrected chi connectivity index (χ1v) is 7.35. The Labute approximate surface area is 106 Å². The van der Waals surface area contributed by atoms with Gasteiger partial charge in [0, 0.05) is 0 Å². The lowest BCUT2D eigenvalue weighted by Crippen LogP contribution is -2.38. The molecule has 0 saturated carbocycles. The minimum absolute atomic E-state index is 0.906. The van der Waals surface area contributed by atoms with E-state index >= 15 is 0 Å². The topological polar surface area (TPSA) is 222 Å². The number of hydrogen-bond acceptors (Lipinski definition) is 7. The van der Waals surface area contributed by atoms with E-state index in [-0.39, 0.29) is 0 Å². The Hall–Kier alpha value is -0.230. The van der Waals surface area contributed by atoms with E-state index in [2.05, 4.69) is 4.52 Å². The fourth-order valence-electron chi connectivity index (χ4n) is 0.573. The predicted molar refractivity (Wildman–Crippen MR) is 56.4 cm³/mol. The highest BCUT2D eigenvalue weighted by Crippen LogP contribution is 2.35. The van der Waals surface area contributed by atoms with E-state index < -0.39 is 46.9 Å². The summed E-state index contributed by atoms with van der Waals surface area (Å²) in [7, 11) is -9.38. The molecule has 0 aromatic rings. The zero-order valence-corrected chi connectivity index (χ0v) is 11.0. The monoisotopic (exact) mass is 328 g/mol. The van der Waals surface area contributed by atoms with Crippen molar-refractivity contribution in [3.05, 3.63) is 0 Å². The van der Waals surface area contributed by atoms with Crippen molar-refractivity contribution in [1.29, 1.82) is 0 Å². The first kappa shape index (κ1) is 21.1. The van der Waals surface area contributed by atoms with E-state index in [1.54, 1.807) is 0 Å². The second kappa shape index (κ2) is 8.84. The quantitative estimate of drug-likeness (QED) is 0.222. The van der Waals surface area contributed by atoms with E-state index in [1.807, 2.05) is 0 Å². The third kappa shape index (κ3) is 17.8. The van der Waals surface area contributed by atoms with Crippen LogP contribution in [0.2, 0.25) is 0 Å². The first-order valence-electron chi connectivity index (χ1n) is 4.26. The van der Waals surface area contributed by atoms with E-state index in [9.17, 15) is 9.36 Å². The van der Waals surface area contributed by atoms with E-state index in [1.165, 1.54) is 0 Å². The summed E-state index contributed by atoms with van der Waals surface area (Å²) in [5.41, 5.74) is 0. The van der Waals surface area contributed by atoms with E-state index in [0.717, 1.165) is 0 Å². The summed E-state index contributed by atoms with van der Waals surface area (Å²) < 4.78 is 22.9. The molecular formula is C5H14O12P2. The van der Waals surface area contributed by atoms with Gasteiger partial charge >= 0.3 is 15.6 Å². The summed E-state index contributed by atoms with van der Waals surface area (Å²) in [6, 6.07) is 0. The molecule has 0 heterocycles. The Morgan fingerprint density at radius 1 is 1.05 bits per heavy atom. The Morgan fingerprint density at radius 2 is 1.42 bits per heavy atom. The van der Waals surface area contributed by atoms with Crippen LogP contribution in [0.3, 0.4) is 0 Å². The number of aliphatic hydroxyl groups is 3. The van der Waals surface area contributed by atoms with Crippen LogP contribution in [0.1, 0.15) is 0 Å². The normalized spacial score (nSPS) is 15.2. The van der Waals surface area contributed by atoms with Crippen molar-refractivity contribution in [2.45, 2.75) is 12.2 Å². The fraction of sp³-hybridized carbons (Fsp3) is 0.800. The maximum absolute atomic E-state index is 10.6. The van der Waals surface area contributed by atoms with Gasteiger partial charge in [-0.3, -0.25) is 9.32 Å². The van der Waals surface area contributed by atoms with Gasteiger partial charge in [-0.2, -0.15) is 0 Å². The molecule has 0 fully saturated rings. The summed E-state index contributed by atoms with van der Waals surface area (Å²) in [6.45, 7) is -1.88. The molecule has 116 valence electrons. The molecule has 0 amide bonds. The van der Waals surface area contributed by atoms with Crippen molar-refractivity contribution in [1.82, 2.24) is 0 Å². The van der Waals surface area contributed by atoms with Gasteiger partial charge in [-0.25, -0.2) is 9.13 Å². The highest BCUT2D eigenvalue weighted by molar-refractivity contribution is 7.46. The summed E-state index contributed by atoms with van der Waals surface area (Å²) in [4.78, 5) is 48.5. The standard InChI is InChI=1S/C5H11O8P.H3O4P/c6-1-3(7)5(9)4(8)2-13-14(10,11)12;1-5(2,3)4/h4-6,8-9H,1-2H2,(H2,10,11,12);(H3,1,2,3,4)/t4-,5-;/m1./s1. The van der Waals surface area contributed by atoms with Crippen LogP contribution in [-0.2, 0) is 18.4 Å². The van der Waals surface area contributed by atoms with Gasteiger partial charge in [0.05, 0.1) is 6.61 Å². The molecule has 0 spiro atoms. The second-order valence-corrected chi connectivity index (χ2v) is 5.20. The van der Waals surface area contributed by atoms with Crippen LogP contribution >= 0.6 is 15.6 Å². The highest BCUT2D eigenvalue weighted by atomic mass is 31.2. The van der Waals surface area contributed by atoms with Gasteiger partial charge in [-0.05, 0) is 0 Å². The summed E-state index contributed by atoms with van der Waals surface area (Å²) >= 11 is 0. The molecule has 2 atom stereocenters. The maximum atomic E-state index is 10.6. The average molecular weight is 328 g/mol. The summed E-state index contributed by atoms with van der Waals surface area (Å²) in [5, 5.41) is 26.1. The number of ketones is 1. The number of carbonyl (C=O) groups excluding carboxylic acids is 1. The van der Waals surface area contributed by atoms with Crippen molar-refractivity contribution >= 4 is 21.4 Å². The molecule has 0 unspecified atom stereocenters. The SMILES string of the molecule is O=C(CO)[C@@H](O)[C@H](O)COP(=O)(O)O.O=P(O)(O)O. The number of hydrogen-bond donors (Lipinski definition) is 8. The molecule has 0 saturated heterocycles. The molecular weight excluding hydrogens is 314 g/mol. The first-order chi connectivity index (χ1) is 8.28. The molecule has 0 radical (unpaired) electrons. The zero-order chi connectivity index (χ0) is 15.9. The van der Waals surface area contributed by atoms with Crippen LogP contribution < -0.4 is 0 Å². The van der Waals surface area contributed by atoms with Gasteiger partial charge in [0.2, 0.25) is 0 Å². The number of aliphatic hydroxyl groups excluding tert-OH is 3. The Bertz CT molecular complexity index is 347. The summed E-state index contributed by atoms with van der Waals surface area (Å²) in [5.74, 6) is -1.06. The molecule has 0 aromatic carbocycles. The number of carbonyl (C=O) groups is 1. The lowest BCUT2D eigenvalue weighted by molar-refractivity contribution is -0.137. The van der Waals surface area contributed by atoms with Crippen LogP contribution in [-0.4, -0.2) is 71.0 Å². The maximum Gasteiger partial charge on any atom is 0.469 e. The molecule has 0 bridgehead atoms. The lowest BCUT2D eigenvalue weighted by Gasteiger charge is -2.15. The van der Waals surface area contributed by atoms with Crippen LogP contribution in [0, 0.1) is 0 Å². The number of phosphoric ester groups is 1. The largest absolute Gasteiger partial charge is 0.469 e. The molecule has 12 nitrogen and oxygen atoms in total. The minimum atomic E-state index is -4.74. The minimum Gasteiger partial charge on any atom is -0.388 e. The van der Waals surface area contributed by atoms with Gasteiger partial charge in [0.15, 0.2) is 5.78 Å². The predicted octanol–water partition coefficient (Wildman–Crippen LogP) is -3.55. The molecule has 0 aliphatic heterocycles. The second-order valence-electron chi connectivity index (χ2n) is 2.94. The highest BCUT2D eigenvalue weighted by Gasteiger charge is 2.26. The van der Waals surface area contributed by atoms with Crippen molar-refractivity contribution in [2.24, 2.45) is 0 Å². The van der Waals surface area contributed by atoms with Crippen LogP contribution in [0.5, 0.6) is 0 Å².